The molecular formula is C80H62BN3O. The molecule has 2 aliphatic rings. The SMILES string of the molecule is CCCCc1cc2oc3ccccc3c2c(-c2ccccc2)c1N1c2cc(-n3c4ccccc4c4ccccc43)ccc2B2c3cc(-c4ccccc4)ccc3N(c3c(-c4ccccc4)cccc3-c3ccccc3)c3cc(C(C)(C)C)cc1c32. The van der Waals surface area contributed by atoms with Crippen molar-refractivity contribution in [2.45, 2.75) is 52.4 Å². The normalized spacial score (nSPS) is 12.8. The monoisotopic (exact) mass is 1090 g/mol. The molecule has 0 radical (unpaired) electrons. The number of aromatic nitrogens is 1. The van der Waals surface area contributed by atoms with Crippen LogP contribution in [0.4, 0.5) is 34.1 Å². The first kappa shape index (κ1) is 50.6. The number of hydrogen-bond acceptors (Lipinski definition) is 3. The lowest BCUT2D eigenvalue weighted by atomic mass is 9.33. The van der Waals surface area contributed by atoms with Gasteiger partial charge in [0.2, 0.25) is 0 Å². The summed E-state index contributed by atoms with van der Waals surface area (Å²) < 4.78 is 9.50. The zero-order valence-electron chi connectivity index (χ0n) is 48.4. The van der Waals surface area contributed by atoms with Gasteiger partial charge in [-0.25, -0.2) is 0 Å². The second-order valence-electron chi connectivity index (χ2n) is 24.2. The van der Waals surface area contributed by atoms with Crippen LogP contribution in [0.1, 0.15) is 51.7 Å². The average Bonchev–Trinajstić information content (AvgIpc) is 0.850. The predicted molar refractivity (Wildman–Crippen MR) is 361 cm³/mol. The van der Waals surface area contributed by atoms with E-state index in [1.807, 2.05) is 0 Å². The van der Waals surface area contributed by atoms with Crippen LogP contribution in [-0.2, 0) is 11.8 Å². The summed E-state index contributed by atoms with van der Waals surface area (Å²) in [6.45, 7) is 9.28. The zero-order chi connectivity index (χ0) is 56.9. The molecule has 0 amide bonds. The molecule has 0 atom stereocenters. The summed E-state index contributed by atoms with van der Waals surface area (Å²) in [7, 11) is 0. The van der Waals surface area contributed by atoms with Gasteiger partial charge >= 0.3 is 0 Å². The molecule has 4 heterocycles. The fourth-order valence-corrected chi connectivity index (χ4v) is 14.2. The molecule has 0 unspecified atom stereocenters. The van der Waals surface area contributed by atoms with Crippen molar-refractivity contribution in [3.8, 4) is 50.2 Å². The van der Waals surface area contributed by atoms with E-state index in [1.54, 1.807) is 0 Å². The Morgan fingerprint density at radius 3 is 1.58 bits per heavy atom. The molecule has 0 spiro atoms. The Balaban J connectivity index is 1.10. The van der Waals surface area contributed by atoms with Crippen LogP contribution in [0.2, 0.25) is 0 Å². The van der Waals surface area contributed by atoms with Gasteiger partial charge in [0.05, 0.1) is 22.4 Å². The van der Waals surface area contributed by atoms with Gasteiger partial charge < -0.3 is 18.8 Å². The van der Waals surface area contributed by atoms with Crippen molar-refractivity contribution in [1.29, 1.82) is 0 Å². The van der Waals surface area contributed by atoms with Crippen molar-refractivity contribution in [2.24, 2.45) is 0 Å². The van der Waals surface area contributed by atoms with E-state index in [-0.39, 0.29) is 12.1 Å². The van der Waals surface area contributed by atoms with Gasteiger partial charge in [0.25, 0.3) is 6.71 Å². The third-order valence-corrected chi connectivity index (χ3v) is 18.1. The largest absolute Gasteiger partial charge is 0.456 e. The lowest BCUT2D eigenvalue weighted by Crippen LogP contribution is -2.61. The third kappa shape index (κ3) is 8.12. The topological polar surface area (TPSA) is 24.6 Å². The van der Waals surface area contributed by atoms with E-state index in [0.717, 1.165) is 63.8 Å². The highest BCUT2D eigenvalue weighted by molar-refractivity contribution is 7.00. The second kappa shape index (κ2) is 20.1. The Labute approximate surface area is 497 Å². The number of para-hydroxylation sites is 4. The Hall–Kier alpha value is -10.1. The van der Waals surface area contributed by atoms with Crippen molar-refractivity contribution < 1.29 is 4.42 Å². The van der Waals surface area contributed by atoms with Crippen molar-refractivity contribution in [1.82, 2.24) is 4.57 Å². The van der Waals surface area contributed by atoms with Crippen LogP contribution < -0.4 is 26.2 Å². The lowest BCUT2D eigenvalue weighted by Gasteiger charge is -2.46. The highest BCUT2D eigenvalue weighted by atomic mass is 16.3. The first-order valence-corrected chi connectivity index (χ1v) is 30.2. The fraction of sp³-hybridized carbons (Fsp3) is 0.100. The standard InChI is InChI=1S/C80H62BN3O/c1-5-6-26-57-48-74-76(64-37-21-24-42-73(64)85-74)75(55-33-17-10-18-34-55)78(57)84-70-51-59(82-67-40-22-19-35-62(67)63-36-20-23-41-68(63)82)44-45-65(70)81-66-47-56(52-27-11-7-12-28-52)43-46-69(66)83(71-49-58(80(2,3)4)50-72(84)77(71)81)79-60(53-29-13-8-14-30-53)38-25-39-61(79)54-31-15-9-16-32-54/h7-25,27-51H,5-6,26H2,1-4H3. The van der Waals surface area contributed by atoms with Gasteiger partial charge in [-0.05, 0) is 128 Å². The summed E-state index contributed by atoms with van der Waals surface area (Å²) in [5.41, 5.74) is 27.7. The Morgan fingerprint density at radius 1 is 0.412 bits per heavy atom. The van der Waals surface area contributed by atoms with E-state index in [4.69, 9.17) is 4.42 Å². The molecule has 5 heteroatoms. The number of aryl methyl sites for hydroxylation is 1. The summed E-state index contributed by atoms with van der Waals surface area (Å²) in [4.78, 5) is 5.40. The maximum Gasteiger partial charge on any atom is 0.252 e. The van der Waals surface area contributed by atoms with Gasteiger partial charge in [0.1, 0.15) is 11.2 Å². The predicted octanol–water partition coefficient (Wildman–Crippen LogP) is 20.1. The van der Waals surface area contributed by atoms with Crippen LogP contribution >= 0.6 is 0 Å². The van der Waals surface area contributed by atoms with Gasteiger partial charge in [0.15, 0.2) is 0 Å². The van der Waals surface area contributed by atoms with Gasteiger partial charge in [-0.3, -0.25) is 0 Å². The molecule has 12 aromatic carbocycles. The van der Waals surface area contributed by atoms with Gasteiger partial charge in [-0.2, -0.15) is 0 Å². The smallest absolute Gasteiger partial charge is 0.252 e. The maximum atomic E-state index is 7.01. The highest BCUT2D eigenvalue weighted by Gasteiger charge is 2.46. The third-order valence-electron chi connectivity index (χ3n) is 18.1. The van der Waals surface area contributed by atoms with Crippen molar-refractivity contribution >= 4 is 101 Å². The second-order valence-corrected chi connectivity index (χ2v) is 24.2. The molecule has 0 N–H and O–H groups in total. The van der Waals surface area contributed by atoms with Gasteiger partial charge in [-0.1, -0.05) is 246 Å². The molecule has 16 rings (SSSR count). The summed E-state index contributed by atoms with van der Waals surface area (Å²) in [5, 5.41) is 4.72. The molecular weight excluding hydrogens is 1030 g/mol. The minimum atomic E-state index is -0.264. The van der Waals surface area contributed by atoms with E-state index < -0.39 is 0 Å². The van der Waals surface area contributed by atoms with E-state index >= 15 is 0 Å². The number of anilines is 6. The molecule has 406 valence electrons. The molecule has 14 aromatic rings. The van der Waals surface area contributed by atoms with Crippen LogP contribution in [0.3, 0.4) is 0 Å². The molecule has 0 saturated heterocycles. The first-order valence-electron chi connectivity index (χ1n) is 30.2. The molecule has 4 nitrogen and oxygen atoms in total. The Kier molecular flexibility index (Phi) is 12.0. The van der Waals surface area contributed by atoms with Gasteiger partial charge in [-0.15, -0.1) is 0 Å². The number of fused-ring (bicyclic) bond motifs is 10. The number of furan rings is 1. The number of unbranched alkanes of at least 4 members (excludes halogenated alkanes) is 1. The van der Waals surface area contributed by atoms with E-state index in [2.05, 4.69) is 309 Å². The number of rotatable bonds is 10. The maximum absolute atomic E-state index is 7.01. The fourth-order valence-electron chi connectivity index (χ4n) is 14.2. The molecule has 0 bridgehead atoms. The minimum absolute atomic E-state index is 0.172. The number of hydrogen-bond donors (Lipinski definition) is 0. The Bertz CT molecular complexity index is 4810. The van der Waals surface area contributed by atoms with Crippen LogP contribution in [0.25, 0.3) is 93.9 Å². The van der Waals surface area contributed by atoms with E-state index in [0.29, 0.717) is 0 Å². The van der Waals surface area contributed by atoms with Crippen molar-refractivity contribution in [2.75, 3.05) is 9.80 Å². The Morgan fingerprint density at radius 2 is 0.965 bits per heavy atom. The molecule has 0 fully saturated rings. The van der Waals surface area contributed by atoms with Crippen LogP contribution in [0.5, 0.6) is 0 Å². The minimum Gasteiger partial charge on any atom is -0.456 e. The average molecular weight is 1090 g/mol. The molecule has 85 heavy (non-hydrogen) atoms. The highest BCUT2D eigenvalue weighted by Crippen LogP contribution is 2.55. The molecule has 2 aliphatic heterocycles. The lowest BCUT2D eigenvalue weighted by molar-refractivity contribution is 0.590. The summed E-state index contributed by atoms with van der Waals surface area (Å²) in [6.07, 6.45) is 2.92. The van der Waals surface area contributed by atoms with Crippen molar-refractivity contribution in [3.63, 3.8) is 0 Å². The quantitative estimate of drug-likeness (QED) is 0.128. The summed E-state index contributed by atoms with van der Waals surface area (Å²) in [5.74, 6) is 0. The van der Waals surface area contributed by atoms with Crippen molar-refractivity contribution in [3.05, 3.63) is 278 Å². The van der Waals surface area contributed by atoms with E-state index in [9.17, 15) is 0 Å². The van der Waals surface area contributed by atoms with Crippen LogP contribution in [0.15, 0.2) is 271 Å². The first-order chi connectivity index (χ1) is 41.8. The number of benzene rings is 12. The summed E-state index contributed by atoms with van der Waals surface area (Å²) >= 11 is 0. The summed E-state index contributed by atoms with van der Waals surface area (Å²) in [6, 6.07) is 99.7. The van der Waals surface area contributed by atoms with Crippen LogP contribution in [0, 0.1) is 0 Å². The van der Waals surface area contributed by atoms with E-state index in [1.165, 1.54) is 111 Å². The molecule has 2 aromatic heterocycles. The van der Waals surface area contributed by atoms with Crippen LogP contribution in [-0.4, -0.2) is 11.3 Å². The number of nitrogens with zero attached hydrogens (tertiary/aromatic N) is 3. The molecule has 0 aliphatic carbocycles. The zero-order valence-corrected chi connectivity index (χ0v) is 48.4. The van der Waals surface area contributed by atoms with Gasteiger partial charge in [0, 0.05) is 66.7 Å². The molecule has 0 saturated carbocycles.